The van der Waals surface area contributed by atoms with Crippen molar-refractivity contribution in [1.29, 1.82) is 0 Å². The van der Waals surface area contributed by atoms with Crippen molar-refractivity contribution in [2.24, 2.45) is 0 Å². The highest BCUT2D eigenvalue weighted by molar-refractivity contribution is 7.99. The van der Waals surface area contributed by atoms with Gasteiger partial charge in [0.15, 0.2) is 5.16 Å². The second-order valence-corrected chi connectivity index (χ2v) is 6.07. The third-order valence-electron chi connectivity index (χ3n) is 3.51. The summed E-state index contributed by atoms with van der Waals surface area (Å²) in [6.07, 6.45) is 4.83. The van der Waals surface area contributed by atoms with Crippen LogP contribution in [0.1, 0.15) is 22.7 Å². The van der Waals surface area contributed by atoms with Crippen LogP contribution in [0.4, 0.5) is 0 Å². The van der Waals surface area contributed by atoms with Crippen LogP contribution in [0, 0.1) is 6.92 Å². The first-order valence-corrected chi connectivity index (χ1v) is 7.36. The van der Waals surface area contributed by atoms with E-state index in [1.807, 2.05) is 26.4 Å². The molecule has 1 heterocycles. The summed E-state index contributed by atoms with van der Waals surface area (Å²) in [5.41, 5.74) is 3.95. The number of thioether (sulfide) groups is 1. The number of fused-ring (bicyclic) bond motifs is 1. The fraction of sp³-hybridized carbons (Fsp3) is 0.333. The minimum absolute atomic E-state index is 0.381. The van der Waals surface area contributed by atoms with Gasteiger partial charge in [0.1, 0.15) is 0 Å². The average molecular weight is 271 g/mol. The third-order valence-corrected chi connectivity index (χ3v) is 4.67. The lowest BCUT2D eigenvalue weighted by Crippen LogP contribution is -2.23. The molecular weight excluding hydrogens is 254 g/mol. The molecule has 2 unspecified atom stereocenters. The van der Waals surface area contributed by atoms with Crippen molar-refractivity contribution in [3.05, 3.63) is 53.3 Å². The number of aryl methyl sites for hydroxylation is 1. The molecule has 0 bridgehead atoms. The van der Waals surface area contributed by atoms with Crippen molar-refractivity contribution in [3.8, 4) is 0 Å². The largest absolute Gasteiger partial charge is 0.312 e. The fourth-order valence-electron chi connectivity index (χ4n) is 2.59. The Bertz CT molecular complexity index is 568. The Hall–Kier alpha value is -1.39. The Balaban J connectivity index is 1.81. The maximum atomic E-state index is 4.40. The van der Waals surface area contributed by atoms with E-state index in [1.54, 1.807) is 11.8 Å². The lowest BCUT2D eigenvalue weighted by atomic mass is 10.1. The van der Waals surface area contributed by atoms with Crippen molar-refractivity contribution in [1.82, 2.24) is 15.3 Å². The third kappa shape index (κ3) is 2.51. The molecule has 0 spiro atoms. The van der Waals surface area contributed by atoms with E-state index >= 15 is 0 Å². The Morgan fingerprint density at radius 3 is 2.68 bits per heavy atom. The van der Waals surface area contributed by atoms with Crippen LogP contribution in [0.3, 0.4) is 0 Å². The van der Waals surface area contributed by atoms with Gasteiger partial charge in [-0.25, -0.2) is 9.97 Å². The number of benzene rings is 1. The summed E-state index contributed by atoms with van der Waals surface area (Å²) in [7, 11) is 2.02. The summed E-state index contributed by atoms with van der Waals surface area (Å²) in [5, 5.41) is 4.75. The highest BCUT2D eigenvalue weighted by atomic mass is 32.2. The molecule has 2 aromatic rings. The molecule has 1 N–H and O–H groups in total. The van der Waals surface area contributed by atoms with E-state index in [-0.39, 0.29) is 0 Å². The summed E-state index contributed by atoms with van der Waals surface area (Å²) >= 11 is 1.76. The van der Waals surface area contributed by atoms with Gasteiger partial charge < -0.3 is 5.32 Å². The maximum absolute atomic E-state index is 4.40. The van der Waals surface area contributed by atoms with E-state index in [9.17, 15) is 0 Å². The normalized spacial score (nSPS) is 21.4. The highest BCUT2D eigenvalue weighted by Gasteiger charge is 2.32. The zero-order chi connectivity index (χ0) is 13.2. The van der Waals surface area contributed by atoms with Gasteiger partial charge in [-0.3, -0.25) is 0 Å². The van der Waals surface area contributed by atoms with E-state index in [1.165, 1.54) is 11.1 Å². The van der Waals surface area contributed by atoms with E-state index in [4.69, 9.17) is 0 Å². The number of hydrogen-bond donors (Lipinski definition) is 1. The number of nitrogens with zero attached hydrogens (tertiary/aromatic N) is 2. The fourth-order valence-corrected chi connectivity index (χ4v) is 3.77. The predicted octanol–water partition coefficient (Wildman–Crippen LogP) is 2.76. The molecular formula is C15H17N3S. The van der Waals surface area contributed by atoms with E-state index in [2.05, 4.69) is 39.6 Å². The minimum atomic E-state index is 0.381. The summed E-state index contributed by atoms with van der Waals surface area (Å²) in [6, 6.07) is 9.04. The highest BCUT2D eigenvalue weighted by Crippen LogP contribution is 2.40. The van der Waals surface area contributed by atoms with Crippen molar-refractivity contribution in [3.63, 3.8) is 0 Å². The molecule has 3 nitrogen and oxygen atoms in total. The van der Waals surface area contributed by atoms with Crippen LogP contribution < -0.4 is 5.32 Å². The monoisotopic (exact) mass is 271 g/mol. The number of nitrogens with one attached hydrogen (secondary N) is 1. The SMILES string of the molecule is CNC1c2ccccc2CC1Sc1ncc(C)cn1. The van der Waals surface area contributed by atoms with Gasteiger partial charge in [-0.1, -0.05) is 36.0 Å². The Kier molecular flexibility index (Phi) is 3.53. The molecule has 0 saturated heterocycles. The maximum Gasteiger partial charge on any atom is 0.187 e. The molecule has 0 fully saturated rings. The average Bonchev–Trinajstić information content (AvgIpc) is 2.78. The van der Waals surface area contributed by atoms with Gasteiger partial charge in [0, 0.05) is 23.7 Å². The predicted molar refractivity (Wildman–Crippen MR) is 78.4 cm³/mol. The van der Waals surface area contributed by atoms with Crippen LogP contribution in [0.15, 0.2) is 41.8 Å². The molecule has 1 aliphatic rings. The summed E-state index contributed by atoms with van der Waals surface area (Å²) in [6.45, 7) is 2.01. The van der Waals surface area contributed by atoms with Crippen LogP contribution in [0.5, 0.6) is 0 Å². The van der Waals surface area contributed by atoms with Gasteiger partial charge in [0.2, 0.25) is 0 Å². The number of hydrogen-bond acceptors (Lipinski definition) is 4. The molecule has 19 heavy (non-hydrogen) atoms. The van der Waals surface area contributed by atoms with Gasteiger partial charge in [0.05, 0.1) is 0 Å². The quantitative estimate of drug-likeness (QED) is 0.871. The van der Waals surface area contributed by atoms with Crippen molar-refractivity contribution < 1.29 is 0 Å². The lowest BCUT2D eigenvalue weighted by molar-refractivity contribution is 0.602. The number of rotatable bonds is 3. The van der Waals surface area contributed by atoms with Crippen LogP contribution in [0.25, 0.3) is 0 Å². The summed E-state index contributed by atoms with van der Waals surface area (Å²) in [4.78, 5) is 8.79. The van der Waals surface area contributed by atoms with Crippen LogP contribution in [-0.4, -0.2) is 22.3 Å². The Morgan fingerprint density at radius 1 is 1.21 bits per heavy atom. The molecule has 1 aromatic heterocycles. The first-order chi connectivity index (χ1) is 9.28. The topological polar surface area (TPSA) is 37.8 Å². The number of aromatic nitrogens is 2. The zero-order valence-electron chi connectivity index (χ0n) is 11.1. The first-order valence-electron chi connectivity index (χ1n) is 6.48. The standard InChI is InChI=1S/C15H17N3S/c1-10-8-17-15(18-9-10)19-13-7-11-5-3-4-6-12(11)14(13)16-2/h3-6,8-9,13-14,16H,7H2,1-2H3. The second kappa shape index (κ2) is 5.31. The van der Waals surface area contributed by atoms with Crippen molar-refractivity contribution >= 4 is 11.8 Å². The van der Waals surface area contributed by atoms with Crippen LogP contribution in [-0.2, 0) is 6.42 Å². The Morgan fingerprint density at radius 2 is 1.95 bits per heavy atom. The molecule has 98 valence electrons. The molecule has 2 atom stereocenters. The molecule has 0 aliphatic heterocycles. The summed E-state index contributed by atoms with van der Waals surface area (Å²) in [5.74, 6) is 0. The van der Waals surface area contributed by atoms with Crippen LogP contribution in [0.2, 0.25) is 0 Å². The molecule has 4 heteroatoms. The molecule has 0 radical (unpaired) electrons. The van der Waals surface area contributed by atoms with Crippen molar-refractivity contribution in [2.45, 2.75) is 29.8 Å². The van der Waals surface area contributed by atoms with Gasteiger partial charge in [-0.05, 0) is 37.1 Å². The minimum Gasteiger partial charge on any atom is -0.312 e. The van der Waals surface area contributed by atoms with E-state index in [0.29, 0.717) is 11.3 Å². The molecule has 0 saturated carbocycles. The Labute approximate surface area is 117 Å². The smallest absolute Gasteiger partial charge is 0.187 e. The zero-order valence-corrected chi connectivity index (χ0v) is 11.9. The summed E-state index contributed by atoms with van der Waals surface area (Å²) < 4.78 is 0. The van der Waals surface area contributed by atoms with Gasteiger partial charge in [-0.2, -0.15) is 0 Å². The van der Waals surface area contributed by atoms with Crippen LogP contribution >= 0.6 is 11.8 Å². The van der Waals surface area contributed by atoms with Crippen molar-refractivity contribution in [2.75, 3.05) is 7.05 Å². The van der Waals surface area contributed by atoms with Gasteiger partial charge in [-0.15, -0.1) is 0 Å². The lowest BCUT2D eigenvalue weighted by Gasteiger charge is -2.18. The van der Waals surface area contributed by atoms with E-state index < -0.39 is 0 Å². The molecule has 0 amide bonds. The molecule has 1 aromatic carbocycles. The molecule has 3 rings (SSSR count). The van der Waals surface area contributed by atoms with Gasteiger partial charge >= 0.3 is 0 Å². The second-order valence-electron chi connectivity index (χ2n) is 4.87. The van der Waals surface area contributed by atoms with E-state index in [0.717, 1.165) is 17.1 Å². The van der Waals surface area contributed by atoms with Gasteiger partial charge in [0.25, 0.3) is 0 Å². The first kappa shape index (κ1) is 12.6. The molecule has 1 aliphatic carbocycles.